The molecule has 6 heteroatoms. The molecule has 0 amide bonds. The number of aliphatic hydroxyl groups excluding tert-OH is 1. The zero-order valence-corrected chi connectivity index (χ0v) is 14.9. The van der Waals surface area contributed by atoms with E-state index in [1.54, 1.807) is 4.31 Å². The molecule has 0 aromatic rings. The second-order valence-electron chi connectivity index (χ2n) is 7.05. The van der Waals surface area contributed by atoms with E-state index in [0.717, 1.165) is 51.6 Å². The summed E-state index contributed by atoms with van der Waals surface area (Å²) in [5, 5.41) is 9.44. The minimum atomic E-state index is -3.15. The van der Waals surface area contributed by atoms with Crippen LogP contribution in [0.5, 0.6) is 0 Å². The van der Waals surface area contributed by atoms with Crippen molar-refractivity contribution in [2.75, 3.05) is 32.0 Å². The Morgan fingerprint density at radius 1 is 1.18 bits per heavy atom. The summed E-state index contributed by atoms with van der Waals surface area (Å²) in [7, 11) is -3.15. The molecule has 3 atom stereocenters. The van der Waals surface area contributed by atoms with Crippen LogP contribution in [0.1, 0.15) is 52.4 Å². The quantitative estimate of drug-likeness (QED) is 0.734. The number of sulfonamides is 1. The lowest BCUT2D eigenvalue weighted by atomic mass is 10.1. The van der Waals surface area contributed by atoms with Crippen molar-refractivity contribution in [3.05, 3.63) is 0 Å². The Morgan fingerprint density at radius 2 is 1.86 bits per heavy atom. The Bertz CT molecular complexity index is 441. The maximum atomic E-state index is 12.7. The highest BCUT2D eigenvalue weighted by Gasteiger charge is 2.37. The highest BCUT2D eigenvalue weighted by Crippen LogP contribution is 2.26. The molecule has 2 rings (SSSR count). The molecule has 2 saturated heterocycles. The van der Waals surface area contributed by atoms with Gasteiger partial charge in [-0.25, -0.2) is 8.42 Å². The number of hydrogen-bond acceptors (Lipinski definition) is 4. The van der Waals surface area contributed by atoms with E-state index in [4.69, 9.17) is 0 Å². The Labute approximate surface area is 135 Å². The van der Waals surface area contributed by atoms with E-state index in [9.17, 15) is 13.5 Å². The maximum absolute atomic E-state index is 12.7. The van der Waals surface area contributed by atoms with Crippen molar-refractivity contribution in [3.8, 4) is 0 Å². The van der Waals surface area contributed by atoms with Gasteiger partial charge in [-0.2, -0.15) is 4.31 Å². The molecule has 0 radical (unpaired) electrons. The summed E-state index contributed by atoms with van der Waals surface area (Å²) in [6.07, 6.45) is 6.06. The number of likely N-dealkylation sites (tertiary alicyclic amines) is 1. The van der Waals surface area contributed by atoms with Gasteiger partial charge in [-0.15, -0.1) is 0 Å². The number of rotatable bonds is 8. The van der Waals surface area contributed by atoms with Gasteiger partial charge in [0.15, 0.2) is 0 Å². The number of hydrogen-bond donors (Lipinski definition) is 1. The predicted molar refractivity (Wildman–Crippen MR) is 89.3 cm³/mol. The Kier molecular flexibility index (Phi) is 6.68. The van der Waals surface area contributed by atoms with Crippen LogP contribution in [0.2, 0.25) is 0 Å². The molecule has 5 nitrogen and oxygen atoms in total. The maximum Gasteiger partial charge on any atom is 0.214 e. The molecule has 2 aliphatic heterocycles. The van der Waals surface area contributed by atoms with Crippen LogP contribution in [0.3, 0.4) is 0 Å². The molecule has 2 aliphatic rings. The van der Waals surface area contributed by atoms with Crippen molar-refractivity contribution in [1.82, 2.24) is 9.21 Å². The molecule has 0 spiro atoms. The van der Waals surface area contributed by atoms with Gasteiger partial charge in [0.1, 0.15) is 0 Å². The number of aliphatic hydroxyl groups is 1. The summed E-state index contributed by atoms with van der Waals surface area (Å²) in [4.78, 5) is 2.29. The third-order valence-corrected chi connectivity index (χ3v) is 7.30. The van der Waals surface area contributed by atoms with Crippen LogP contribution in [0.25, 0.3) is 0 Å². The van der Waals surface area contributed by atoms with Crippen LogP contribution in [0, 0.1) is 5.92 Å². The van der Waals surface area contributed by atoms with Gasteiger partial charge in [0, 0.05) is 25.2 Å². The van der Waals surface area contributed by atoms with Crippen molar-refractivity contribution in [2.45, 2.75) is 64.5 Å². The molecular weight excluding hydrogens is 300 g/mol. The van der Waals surface area contributed by atoms with E-state index in [1.165, 1.54) is 0 Å². The average Bonchev–Trinajstić information content (AvgIpc) is 3.08. The van der Waals surface area contributed by atoms with Crippen LogP contribution in [0.15, 0.2) is 0 Å². The zero-order chi connectivity index (χ0) is 16.2. The van der Waals surface area contributed by atoms with Gasteiger partial charge < -0.3 is 5.11 Å². The van der Waals surface area contributed by atoms with Crippen molar-refractivity contribution >= 4 is 10.0 Å². The summed E-state index contributed by atoms with van der Waals surface area (Å²) in [5.41, 5.74) is 0. The Balaban J connectivity index is 1.97. The van der Waals surface area contributed by atoms with Gasteiger partial charge in [0.05, 0.1) is 12.4 Å². The lowest BCUT2D eigenvalue weighted by Gasteiger charge is -2.31. The van der Waals surface area contributed by atoms with Gasteiger partial charge in [-0.05, 0) is 44.6 Å². The zero-order valence-electron chi connectivity index (χ0n) is 14.1. The molecule has 0 bridgehead atoms. The van der Waals surface area contributed by atoms with Gasteiger partial charge in [0.25, 0.3) is 0 Å². The van der Waals surface area contributed by atoms with E-state index < -0.39 is 10.0 Å². The minimum Gasteiger partial charge on any atom is -0.395 e. The van der Waals surface area contributed by atoms with Crippen molar-refractivity contribution < 1.29 is 13.5 Å². The van der Waals surface area contributed by atoms with Gasteiger partial charge in [0.2, 0.25) is 10.0 Å². The fourth-order valence-corrected chi connectivity index (χ4v) is 6.11. The molecule has 2 fully saturated rings. The monoisotopic (exact) mass is 332 g/mol. The molecule has 0 saturated carbocycles. The van der Waals surface area contributed by atoms with Crippen LogP contribution in [-0.2, 0) is 10.0 Å². The smallest absolute Gasteiger partial charge is 0.214 e. The molecule has 3 unspecified atom stereocenters. The van der Waals surface area contributed by atoms with Crippen molar-refractivity contribution in [3.63, 3.8) is 0 Å². The van der Waals surface area contributed by atoms with Gasteiger partial charge in [-0.3, -0.25) is 4.90 Å². The van der Waals surface area contributed by atoms with E-state index in [0.29, 0.717) is 6.54 Å². The molecule has 0 aromatic carbocycles. The molecule has 0 aromatic heterocycles. The predicted octanol–water partition coefficient (Wildman–Crippen LogP) is 1.67. The molecule has 0 aliphatic carbocycles. The first kappa shape index (κ1) is 18.2. The number of nitrogens with zero attached hydrogens (tertiary/aromatic N) is 2. The van der Waals surface area contributed by atoms with E-state index in [-0.39, 0.29) is 30.4 Å². The molecular formula is C16H32N2O3S. The minimum absolute atomic E-state index is 0.103. The van der Waals surface area contributed by atoms with Crippen LogP contribution in [0.4, 0.5) is 0 Å². The summed E-state index contributed by atoms with van der Waals surface area (Å²) in [6.45, 7) is 6.77. The average molecular weight is 333 g/mol. The van der Waals surface area contributed by atoms with Crippen LogP contribution < -0.4 is 0 Å². The second-order valence-corrected chi connectivity index (χ2v) is 9.02. The third-order valence-electron chi connectivity index (χ3n) is 5.11. The lowest BCUT2D eigenvalue weighted by molar-refractivity contribution is 0.140. The molecule has 2 heterocycles. The Morgan fingerprint density at radius 3 is 2.55 bits per heavy atom. The normalized spacial score (nSPS) is 29.2. The van der Waals surface area contributed by atoms with Crippen molar-refractivity contribution in [1.29, 1.82) is 0 Å². The summed E-state index contributed by atoms with van der Waals surface area (Å²) in [6, 6.07) is 0.329. The Hall–Kier alpha value is -0.170. The van der Waals surface area contributed by atoms with E-state index in [2.05, 4.69) is 11.8 Å². The van der Waals surface area contributed by atoms with Gasteiger partial charge >= 0.3 is 0 Å². The van der Waals surface area contributed by atoms with E-state index >= 15 is 0 Å². The summed E-state index contributed by atoms with van der Waals surface area (Å²) < 4.78 is 27.2. The van der Waals surface area contributed by atoms with Crippen LogP contribution >= 0.6 is 0 Å². The molecule has 130 valence electrons. The summed E-state index contributed by atoms with van der Waals surface area (Å²) >= 11 is 0. The van der Waals surface area contributed by atoms with Crippen molar-refractivity contribution in [2.24, 2.45) is 5.92 Å². The first-order valence-electron chi connectivity index (χ1n) is 8.82. The molecule has 22 heavy (non-hydrogen) atoms. The fraction of sp³-hybridized carbons (Fsp3) is 1.00. The lowest BCUT2D eigenvalue weighted by Crippen LogP contribution is -2.46. The largest absolute Gasteiger partial charge is 0.395 e. The molecule has 1 N–H and O–H groups in total. The second kappa shape index (κ2) is 8.08. The SMILES string of the molecule is CCCC(C)CS(=O)(=O)N1CCCC1CN1CCCC1CO. The highest BCUT2D eigenvalue weighted by molar-refractivity contribution is 7.89. The van der Waals surface area contributed by atoms with Gasteiger partial charge in [-0.1, -0.05) is 20.3 Å². The van der Waals surface area contributed by atoms with E-state index in [1.807, 2.05) is 6.92 Å². The highest BCUT2D eigenvalue weighted by atomic mass is 32.2. The fourth-order valence-electron chi connectivity index (χ4n) is 4.00. The topological polar surface area (TPSA) is 60.9 Å². The summed E-state index contributed by atoms with van der Waals surface area (Å²) in [5.74, 6) is 0.508. The first-order chi connectivity index (χ1) is 10.5. The van der Waals surface area contributed by atoms with Crippen LogP contribution in [-0.4, -0.2) is 66.8 Å². The standard InChI is InChI=1S/C16H32N2O3S/c1-3-6-14(2)13-22(20,21)18-10-5-7-15(18)11-17-9-4-8-16(17)12-19/h14-16,19H,3-13H2,1-2H3. The first-order valence-corrected chi connectivity index (χ1v) is 10.4. The third kappa shape index (κ3) is 4.43.